The molecule has 0 bridgehead atoms. The number of aromatic nitrogens is 3. The molecular formula is C27H29N5O2. The third-order valence-corrected chi connectivity index (χ3v) is 6.50. The summed E-state index contributed by atoms with van der Waals surface area (Å²) < 4.78 is 7.16. The van der Waals surface area contributed by atoms with Gasteiger partial charge in [0.1, 0.15) is 11.3 Å². The molecule has 2 heterocycles. The van der Waals surface area contributed by atoms with Crippen LogP contribution in [-0.2, 0) is 6.54 Å². The molecule has 1 amide bonds. The molecule has 3 aromatic carbocycles. The summed E-state index contributed by atoms with van der Waals surface area (Å²) in [7, 11) is 1.66. The minimum absolute atomic E-state index is 0.0462. The lowest BCUT2D eigenvalue weighted by Crippen LogP contribution is -2.49. The molecule has 34 heavy (non-hydrogen) atoms. The average molecular weight is 456 g/mol. The summed E-state index contributed by atoms with van der Waals surface area (Å²) in [5, 5.41) is 8.63. The zero-order chi connectivity index (χ0) is 23.7. The SMILES string of the molecule is COc1cccc(Cn2nnc3cc(C(=O)N4CCN(c5cc(C)ccc5C)CC4)ccc32)c1. The Morgan fingerprint density at radius 2 is 1.79 bits per heavy atom. The minimum atomic E-state index is 0.0462. The number of piperazine rings is 1. The first-order chi connectivity index (χ1) is 16.5. The van der Waals surface area contributed by atoms with Gasteiger partial charge in [0.05, 0.1) is 19.2 Å². The molecule has 0 radical (unpaired) electrons. The molecule has 0 spiro atoms. The summed E-state index contributed by atoms with van der Waals surface area (Å²) in [5.41, 5.74) is 7.15. The van der Waals surface area contributed by atoms with Crippen LogP contribution in [0.4, 0.5) is 5.69 Å². The maximum Gasteiger partial charge on any atom is 0.254 e. The van der Waals surface area contributed by atoms with Crippen molar-refractivity contribution in [1.29, 1.82) is 0 Å². The van der Waals surface area contributed by atoms with E-state index in [2.05, 4.69) is 47.3 Å². The quantitative estimate of drug-likeness (QED) is 0.454. The van der Waals surface area contributed by atoms with E-state index in [1.54, 1.807) is 7.11 Å². The number of rotatable bonds is 5. The van der Waals surface area contributed by atoms with E-state index < -0.39 is 0 Å². The van der Waals surface area contributed by atoms with Gasteiger partial charge in [-0.05, 0) is 66.9 Å². The molecule has 0 N–H and O–H groups in total. The van der Waals surface area contributed by atoms with Crippen LogP contribution in [0.2, 0.25) is 0 Å². The van der Waals surface area contributed by atoms with Crippen molar-refractivity contribution in [3.8, 4) is 5.75 Å². The van der Waals surface area contributed by atoms with Crippen molar-refractivity contribution in [2.45, 2.75) is 20.4 Å². The molecule has 1 aliphatic heterocycles. The largest absolute Gasteiger partial charge is 0.497 e. The molecule has 1 saturated heterocycles. The molecule has 0 aliphatic carbocycles. The fourth-order valence-electron chi connectivity index (χ4n) is 4.56. The van der Waals surface area contributed by atoms with E-state index in [-0.39, 0.29) is 5.91 Å². The zero-order valence-corrected chi connectivity index (χ0v) is 19.9. The highest BCUT2D eigenvalue weighted by Crippen LogP contribution is 2.24. The Balaban J connectivity index is 1.28. The third kappa shape index (κ3) is 4.33. The molecule has 174 valence electrons. The molecule has 1 fully saturated rings. The lowest BCUT2D eigenvalue weighted by Gasteiger charge is -2.37. The number of aryl methyl sites for hydroxylation is 2. The Bertz CT molecular complexity index is 1340. The molecule has 1 aromatic heterocycles. The van der Waals surface area contributed by atoms with Gasteiger partial charge in [-0.25, -0.2) is 4.68 Å². The van der Waals surface area contributed by atoms with Crippen LogP contribution >= 0.6 is 0 Å². The molecule has 0 atom stereocenters. The number of fused-ring (bicyclic) bond motifs is 1. The van der Waals surface area contributed by atoms with Crippen LogP contribution in [0.3, 0.4) is 0 Å². The second-order valence-corrected chi connectivity index (χ2v) is 8.87. The Hall–Kier alpha value is -3.87. The third-order valence-electron chi connectivity index (χ3n) is 6.50. The minimum Gasteiger partial charge on any atom is -0.497 e. The number of carbonyl (C=O) groups excluding carboxylic acids is 1. The van der Waals surface area contributed by atoms with Crippen LogP contribution in [0.1, 0.15) is 27.0 Å². The van der Waals surface area contributed by atoms with Gasteiger partial charge >= 0.3 is 0 Å². The zero-order valence-electron chi connectivity index (χ0n) is 19.9. The van der Waals surface area contributed by atoms with Crippen molar-refractivity contribution in [3.63, 3.8) is 0 Å². The fraction of sp³-hybridized carbons (Fsp3) is 0.296. The van der Waals surface area contributed by atoms with Crippen molar-refractivity contribution in [1.82, 2.24) is 19.9 Å². The van der Waals surface area contributed by atoms with Gasteiger partial charge in [-0.3, -0.25) is 4.79 Å². The molecule has 1 aliphatic rings. The van der Waals surface area contributed by atoms with Crippen LogP contribution in [0.5, 0.6) is 5.75 Å². The maximum atomic E-state index is 13.2. The molecule has 4 aromatic rings. The standard InChI is InChI=1S/C27H29N5O2/c1-19-7-8-20(2)26(15-19)30-11-13-31(14-12-30)27(33)22-9-10-25-24(17-22)28-29-32(25)18-21-5-4-6-23(16-21)34-3/h4-10,15-17H,11-14,18H2,1-3H3. The first-order valence-electron chi connectivity index (χ1n) is 11.6. The number of methoxy groups -OCH3 is 1. The van der Waals surface area contributed by atoms with E-state index in [0.717, 1.165) is 35.4 Å². The lowest BCUT2D eigenvalue weighted by atomic mass is 10.1. The highest BCUT2D eigenvalue weighted by atomic mass is 16.5. The topological polar surface area (TPSA) is 63.5 Å². The van der Waals surface area contributed by atoms with Crippen molar-refractivity contribution in [3.05, 3.63) is 82.9 Å². The van der Waals surface area contributed by atoms with Gasteiger partial charge in [0.15, 0.2) is 0 Å². The molecule has 0 saturated carbocycles. The number of hydrogen-bond acceptors (Lipinski definition) is 5. The predicted octanol–water partition coefficient (Wildman–Crippen LogP) is 4.07. The summed E-state index contributed by atoms with van der Waals surface area (Å²) >= 11 is 0. The number of carbonyl (C=O) groups is 1. The number of amides is 1. The van der Waals surface area contributed by atoms with Crippen LogP contribution in [-0.4, -0.2) is 59.1 Å². The second-order valence-electron chi connectivity index (χ2n) is 8.87. The lowest BCUT2D eigenvalue weighted by molar-refractivity contribution is 0.0747. The molecule has 7 heteroatoms. The first kappa shape index (κ1) is 21.9. The Kier molecular flexibility index (Phi) is 5.92. The van der Waals surface area contributed by atoms with Gasteiger partial charge in [-0.2, -0.15) is 0 Å². The van der Waals surface area contributed by atoms with E-state index in [9.17, 15) is 4.79 Å². The van der Waals surface area contributed by atoms with Gasteiger partial charge in [0.25, 0.3) is 5.91 Å². The van der Waals surface area contributed by atoms with Gasteiger partial charge < -0.3 is 14.5 Å². The summed E-state index contributed by atoms with van der Waals surface area (Å²) in [6, 6.07) is 20.1. The van der Waals surface area contributed by atoms with Crippen LogP contribution in [0.15, 0.2) is 60.7 Å². The van der Waals surface area contributed by atoms with E-state index in [1.165, 1.54) is 16.8 Å². The molecule has 0 unspecified atom stereocenters. The Morgan fingerprint density at radius 1 is 0.971 bits per heavy atom. The molecular weight excluding hydrogens is 426 g/mol. The van der Waals surface area contributed by atoms with Crippen LogP contribution in [0.25, 0.3) is 11.0 Å². The number of nitrogens with zero attached hydrogens (tertiary/aromatic N) is 5. The predicted molar refractivity (Wildman–Crippen MR) is 134 cm³/mol. The normalized spacial score (nSPS) is 14.0. The number of hydrogen-bond donors (Lipinski definition) is 0. The van der Waals surface area contributed by atoms with Crippen molar-refractivity contribution in [2.24, 2.45) is 0 Å². The van der Waals surface area contributed by atoms with Crippen molar-refractivity contribution < 1.29 is 9.53 Å². The van der Waals surface area contributed by atoms with Crippen molar-refractivity contribution in [2.75, 3.05) is 38.2 Å². The summed E-state index contributed by atoms with van der Waals surface area (Å²) in [4.78, 5) is 17.5. The van der Waals surface area contributed by atoms with Gasteiger partial charge in [-0.1, -0.05) is 29.5 Å². The highest BCUT2D eigenvalue weighted by Gasteiger charge is 2.23. The number of ether oxygens (including phenoxy) is 1. The molecule has 5 rings (SSSR count). The number of anilines is 1. The summed E-state index contributed by atoms with van der Waals surface area (Å²) in [5.74, 6) is 0.859. The van der Waals surface area contributed by atoms with E-state index >= 15 is 0 Å². The Labute approximate surface area is 199 Å². The Morgan fingerprint density at radius 3 is 2.59 bits per heavy atom. The van der Waals surface area contributed by atoms with E-state index in [4.69, 9.17) is 4.74 Å². The number of benzene rings is 3. The fourth-order valence-corrected chi connectivity index (χ4v) is 4.56. The van der Waals surface area contributed by atoms with Crippen LogP contribution in [0, 0.1) is 13.8 Å². The highest BCUT2D eigenvalue weighted by molar-refractivity contribution is 5.97. The van der Waals surface area contributed by atoms with Gasteiger partial charge in [-0.15, -0.1) is 5.10 Å². The van der Waals surface area contributed by atoms with Gasteiger partial charge in [0, 0.05) is 37.4 Å². The second kappa shape index (κ2) is 9.17. The summed E-state index contributed by atoms with van der Waals surface area (Å²) in [6.45, 7) is 7.90. The smallest absolute Gasteiger partial charge is 0.254 e. The van der Waals surface area contributed by atoms with Gasteiger partial charge in [0.2, 0.25) is 0 Å². The van der Waals surface area contributed by atoms with Crippen molar-refractivity contribution >= 4 is 22.6 Å². The summed E-state index contributed by atoms with van der Waals surface area (Å²) in [6.07, 6.45) is 0. The average Bonchev–Trinajstić information content (AvgIpc) is 3.27. The molecule has 7 nitrogen and oxygen atoms in total. The van der Waals surface area contributed by atoms with E-state index in [0.29, 0.717) is 25.2 Å². The maximum absolute atomic E-state index is 13.2. The van der Waals surface area contributed by atoms with Crippen LogP contribution < -0.4 is 9.64 Å². The van der Waals surface area contributed by atoms with E-state index in [1.807, 2.05) is 52.0 Å². The monoisotopic (exact) mass is 455 g/mol. The first-order valence-corrected chi connectivity index (χ1v) is 11.6.